The molecule has 100 valence electrons. The van der Waals surface area contributed by atoms with Crippen molar-refractivity contribution in [3.8, 4) is 5.75 Å². The Morgan fingerprint density at radius 1 is 1.11 bits per heavy atom. The predicted octanol–water partition coefficient (Wildman–Crippen LogP) is 3.49. The number of nitrogen functional groups attached to an aromatic ring is 1. The second-order valence-corrected chi connectivity index (χ2v) is 4.42. The average Bonchev–Trinajstić information content (AvgIpc) is 2.41. The summed E-state index contributed by atoms with van der Waals surface area (Å²) in [7, 11) is 3.52. The fourth-order valence-corrected chi connectivity index (χ4v) is 1.94. The van der Waals surface area contributed by atoms with Gasteiger partial charge in [-0.3, -0.25) is 0 Å². The van der Waals surface area contributed by atoms with E-state index in [1.165, 1.54) is 6.07 Å². The van der Waals surface area contributed by atoms with E-state index in [0.29, 0.717) is 0 Å². The van der Waals surface area contributed by atoms with Gasteiger partial charge in [0, 0.05) is 18.4 Å². The summed E-state index contributed by atoms with van der Waals surface area (Å²) in [4.78, 5) is 1.90. The number of ether oxygens (including phenoxy) is 1. The summed E-state index contributed by atoms with van der Waals surface area (Å²) in [5.41, 5.74) is 8.37. The van der Waals surface area contributed by atoms with Gasteiger partial charge in [-0.15, -0.1) is 0 Å². The molecule has 0 amide bonds. The summed E-state index contributed by atoms with van der Waals surface area (Å²) < 4.78 is 18.7. The molecule has 0 atom stereocenters. The maximum absolute atomic E-state index is 13.5. The summed E-state index contributed by atoms with van der Waals surface area (Å²) in [6.45, 7) is 1.97. The average molecular weight is 260 g/mol. The summed E-state index contributed by atoms with van der Waals surface area (Å²) in [6, 6.07) is 10.6. The van der Waals surface area contributed by atoms with E-state index in [4.69, 9.17) is 10.5 Å². The zero-order chi connectivity index (χ0) is 14.0. The SMILES string of the molecule is COc1ccc(N(C)c2ccc(N)c(F)c2)cc1C. The van der Waals surface area contributed by atoms with E-state index in [2.05, 4.69) is 0 Å². The molecule has 4 heteroatoms. The summed E-state index contributed by atoms with van der Waals surface area (Å²) in [5, 5.41) is 0. The van der Waals surface area contributed by atoms with Gasteiger partial charge in [0.05, 0.1) is 12.8 Å². The highest BCUT2D eigenvalue weighted by Gasteiger charge is 2.08. The second kappa shape index (κ2) is 5.18. The first-order valence-electron chi connectivity index (χ1n) is 5.96. The van der Waals surface area contributed by atoms with Crippen molar-refractivity contribution >= 4 is 17.1 Å². The Morgan fingerprint density at radius 2 is 1.74 bits per heavy atom. The molecule has 0 aromatic heterocycles. The molecule has 0 aliphatic rings. The van der Waals surface area contributed by atoms with Crippen LogP contribution in [0.15, 0.2) is 36.4 Å². The molecule has 0 unspecified atom stereocenters. The molecule has 0 saturated carbocycles. The van der Waals surface area contributed by atoms with Crippen LogP contribution in [0.5, 0.6) is 5.75 Å². The predicted molar refractivity (Wildman–Crippen MR) is 76.6 cm³/mol. The molecule has 0 aliphatic carbocycles. The first-order valence-corrected chi connectivity index (χ1v) is 5.96. The van der Waals surface area contributed by atoms with Crippen LogP contribution in [-0.4, -0.2) is 14.2 Å². The van der Waals surface area contributed by atoms with Crippen LogP contribution in [0.3, 0.4) is 0 Å². The van der Waals surface area contributed by atoms with Crippen molar-refractivity contribution in [1.82, 2.24) is 0 Å². The van der Waals surface area contributed by atoms with Gasteiger partial charge in [0.25, 0.3) is 0 Å². The van der Waals surface area contributed by atoms with Crippen molar-refractivity contribution in [3.63, 3.8) is 0 Å². The first-order chi connectivity index (χ1) is 9.02. The lowest BCUT2D eigenvalue weighted by Gasteiger charge is -2.21. The molecule has 0 aliphatic heterocycles. The van der Waals surface area contributed by atoms with Gasteiger partial charge < -0.3 is 15.4 Å². The van der Waals surface area contributed by atoms with Crippen LogP contribution >= 0.6 is 0 Å². The van der Waals surface area contributed by atoms with Crippen LogP contribution in [-0.2, 0) is 0 Å². The molecule has 0 heterocycles. The second-order valence-electron chi connectivity index (χ2n) is 4.42. The van der Waals surface area contributed by atoms with Crippen LogP contribution in [0, 0.1) is 12.7 Å². The van der Waals surface area contributed by atoms with Gasteiger partial charge in [-0.05, 0) is 48.9 Å². The van der Waals surface area contributed by atoms with Crippen LogP contribution in [0.25, 0.3) is 0 Å². The van der Waals surface area contributed by atoms with Crippen molar-refractivity contribution in [1.29, 1.82) is 0 Å². The lowest BCUT2D eigenvalue weighted by molar-refractivity contribution is 0.412. The van der Waals surface area contributed by atoms with E-state index in [9.17, 15) is 4.39 Å². The largest absolute Gasteiger partial charge is 0.496 e. The van der Waals surface area contributed by atoms with Crippen molar-refractivity contribution < 1.29 is 9.13 Å². The van der Waals surface area contributed by atoms with E-state index in [0.717, 1.165) is 22.7 Å². The van der Waals surface area contributed by atoms with Gasteiger partial charge in [0.1, 0.15) is 11.6 Å². The van der Waals surface area contributed by atoms with E-state index in [-0.39, 0.29) is 5.69 Å². The molecule has 0 bridgehead atoms. The summed E-state index contributed by atoms with van der Waals surface area (Å²) >= 11 is 0. The first kappa shape index (κ1) is 13.2. The molecule has 3 nitrogen and oxygen atoms in total. The van der Waals surface area contributed by atoms with Gasteiger partial charge in [-0.2, -0.15) is 0 Å². The number of hydrogen-bond donors (Lipinski definition) is 1. The fourth-order valence-electron chi connectivity index (χ4n) is 1.94. The lowest BCUT2D eigenvalue weighted by Crippen LogP contribution is -2.10. The number of anilines is 3. The van der Waals surface area contributed by atoms with Gasteiger partial charge in [-0.25, -0.2) is 4.39 Å². The Kier molecular flexibility index (Phi) is 3.60. The van der Waals surface area contributed by atoms with Crippen molar-refractivity contribution in [2.45, 2.75) is 6.92 Å². The molecular weight excluding hydrogens is 243 g/mol. The van der Waals surface area contributed by atoms with Crippen LogP contribution in [0.1, 0.15) is 5.56 Å². The lowest BCUT2D eigenvalue weighted by atomic mass is 10.1. The smallest absolute Gasteiger partial charge is 0.148 e. The number of benzene rings is 2. The van der Waals surface area contributed by atoms with Crippen molar-refractivity contribution in [2.75, 3.05) is 24.8 Å². The number of aryl methyl sites for hydroxylation is 1. The highest BCUT2D eigenvalue weighted by molar-refractivity contribution is 5.66. The standard InChI is InChI=1S/C15H17FN2O/c1-10-8-11(5-7-15(10)19-3)18(2)12-4-6-14(17)13(16)9-12/h4-9H,17H2,1-3H3. The topological polar surface area (TPSA) is 38.5 Å². The third-order valence-electron chi connectivity index (χ3n) is 3.14. The quantitative estimate of drug-likeness (QED) is 0.858. The molecule has 0 saturated heterocycles. The highest BCUT2D eigenvalue weighted by atomic mass is 19.1. The highest BCUT2D eigenvalue weighted by Crippen LogP contribution is 2.29. The van der Waals surface area contributed by atoms with E-state index in [1.54, 1.807) is 19.2 Å². The molecule has 2 aromatic rings. The fraction of sp³-hybridized carbons (Fsp3) is 0.200. The Balaban J connectivity index is 2.35. The zero-order valence-corrected chi connectivity index (χ0v) is 11.3. The summed E-state index contributed by atoms with van der Waals surface area (Å²) in [6.07, 6.45) is 0. The molecule has 2 aromatic carbocycles. The maximum atomic E-state index is 13.5. The van der Waals surface area contributed by atoms with Crippen molar-refractivity contribution in [3.05, 3.63) is 47.8 Å². The number of hydrogen-bond acceptors (Lipinski definition) is 3. The van der Waals surface area contributed by atoms with E-state index in [1.807, 2.05) is 37.1 Å². The van der Waals surface area contributed by atoms with Gasteiger partial charge in [-0.1, -0.05) is 0 Å². The van der Waals surface area contributed by atoms with Crippen molar-refractivity contribution in [2.24, 2.45) is 0 Å². The monoisotopic (exact) mass is 260 g/mol. The van der Waals surface area contributed by atoms with Gasteiger partial charge in [0.2, 0.25) is 0 Å². The minimum Gasteiger partial charge on any atom is -0.496 e. The van der Waals surface area contributed by atoms with E-state index >= 15 is 0 Å². The Hall–Kier alpha value is -2.23. The molecule has 0 spiro atoms. The number of halogens is 1. The Morgan fingerprint density at radius 3 is 2.32 bits per heavy atom. The molecule has 19 heavy (non-hydrogen) atoms. The number of nitrogens with zero attached hydrogens (tertiary/aromatic N) is 1. The normalized spacial score (nSPS) is 10.3. The zero-order valence-electron chi connectivity index (χ0n) is 11.3. The third kappa shape index (κ3) is 2.62. The summed E-state index contributed by atoms with van der Waals surface area (Å²) in [5.74, 6) is 0.426. The van der Waals surface area contributed by atoms with Gasteiger partial charge in [0.15, 0.2) is 0 Å². The van der Waals surface area contributed by atoms with Crippen LogP contribution < -0.4 is 15.4 Å². The minimum absolute atomic E-state index is 0.156. The molecule has 0 fully saturated rings. The molecular formula is C15H17FN2O. The maximum Gasteiger partial charge on any atom is 0.148 e. The third-order valence-corrected chi connectivity index (χ3v) is 3.14. The molecule has 2 N–H and O–H groups in total. The van der Waals surface area contributed by atoms with E-state index < -0.39 is 5.82 Å². The van der Waals surface area contributed by atoms with Crippen LogP contribution in [0.2, 0.25) is 0 Å². The van der Waals surface area contributed by atoms with Gasteiger partial charge >= 0.3 is 0 Å². The molecule has 0 radical (unpaired) electrons. The minimum atomic E-state index is -0.408. The van der Waals surface area contributed by atoms with Crippen LogP contribution in [0.4, 0.5) is 21.5 Å². The Bertz CT molecular complexity index is 599. The number of nitrogens with two attached hydrogens (primary N) is 1. The Labute approximate surface area is 112 Å². The number of methoxy groups -OCH3 is 1. The molecule has 2 rings (SSSR count). The number of rotatable bonds is 3.